The van der Waals surface area contributed by atoms with Gasteiger partial charge in [-0.05, 0) is 53.0 Å². The molecule has 1 heterocycles. The lowest BCUT2D eigenvalue weighted by molar-refractivity contribution is -0.137. The van der Waals surface area contributed by atoms with Crippen molar-refractivity contribution < 1.29 is 9.59 Å². The van der Waals surface area contributed by atoms with Crippen molar-refractivity contribution in [2.45, 2.75) is 12.8 Å². The maximum Gasteiger partial charge on any atom is 0.280 e. The van der Waals surface area contributed by atoms with Gasteiger partial charge in [-0.3, -0.25) is 9.59 Å². The molecule has 25 heavy (non-hydrogen) atoms. The molecular weight excluding hydrogens is 380 g/mol. The number of carbonyl (C=O) groups is 2. The van der Waals surface area contributed by atoms with Crippen LogP contribution < -0.4 is 5.01 Å². The fourth-order valence-electron chi connectivity index (χ4n) is 3.16. The molecule has 1 aliphatic carbocycles. The summed E-state index contributed by atoms with van der Waals surface area (Å²) < 4.78 is 0.805. The molecule has 0 radical (unpaired) electrons. The van der Waals surface area contributed by atoms with Gasteiger partial charge in [-0.15, -0.1) is 0 Å². The number of halogens is 1. The minimum absolute atomic E-state index is 0.246. The van der Waals surface area contributed by atoms with Gasteiger partial charge in [-0.1, -0.05) is 42.5 Å². The zero-order chi connectivity index (χ0) is 17.4. The molecule has 0 unspecified atom stereocenters. The number of hydrogen-bond acceptors (Lipinski definition) is 3. The molecule has 0 saturated carbocycles. The van der Waals surface area contributed by atoms with E-state index in [1.807, 2.05) is 60.7 Å². The van der Waals surface area contributed by atoms with E-state index in [9.17, 15) is 9.59 Å². The lowest BCUT2D eigenvalue weighted by atomic mass is 10.00. The molecule has 4 nitrogen and oxygen atoms in total. The highest BCUT2D eigenvalue weighted by molar-refractivity contribution is 9.10. The van der Waals surface area contributed by atoms with Gasteiger partial charge < -0.3 is 0 Å². The normalized spacial score (nSPS) is 16.4. The van der Waals surface area contributed by atoms with Crippen LogP contribution in [-0.2, 0) is 9.59 Å². The molecule has 2 aromatic rings. The van der Waals surface area contributed by atoms with Crippen molar-refractivity contribution in [3.63, 3.8) is 0 Å². The van der Waals surface area contributed by atoms with Crippen molar-refractivity contribution in [2.75, 3.05) is 5.01 Å². The predicted octanol–water partition coefficient (Wildman–Crippen LogP) is 4.52. The van der Waals surface area contributed by atoms with Crippen LogP contribution in [0.2, 0.25) is 0 Å². The van der Waals surface area contributed by atoms with Crippen molar-refractivity contribution in [3.8, 4) is 0 Å². The Morgan fingerprint density at radius 2 is 1.64 bits per heavy atom. The molecule has 0 fully saturated rings. The predicted molar refractivity (Wildman–Crippen MR) is 100.0 cm³/mol. The van der Waals surface area contributed by atoms with Crippen molar-refractivity contribution in [3.05, 3.63) is 82.4 Å². The number of nitrogens with zero attached hydrogens (tertiary/aromatic N) is 2. The maximum atomic E-state index is 13.0. The van der Waals surface area contributed by atoms with Crippen molar-refractivity contribution in [2.24, 2.45) is 0 Å². The van der Waals surface area contributed by atoms with E-state index in [1.165, 1.54) is 5.01 Å². The van der Waals surface area contributed by atoms with Gasteiger partial charge in [0.25, 0.3) is 11.8 Å². The van der Waals surface area contributed by atoms with Crippen LogP contribution in [0, 0.1) is 0 Å². The molecule has 0 spiro atoms. The van der Waals surface area contributed by atoms with E-state index in [0.29, 0.717) is 17.6 Å². The Balaban J connectivity index is 1.86. The second-order valence-corrected chi connectivity index (χ2v) is 6.71. The molecular formula is C20H15BrN2O2. The lowest BCUT2D eigenvalue weighted by Crippen LogP contribution is -2.45. The molecule has 2 aliphatic rings. The molecule has 4 rings (SSSR count). The Morgan fingerprint density at radius 3 is 2.36 bits per heavy atom. The largest absolute Gasteiger partial charge is 0.280 e. The Kier molecular flexibility index (Phi) is 4.01. The Morgan fingerprint density at radius 1 is 0.920 bits per heavy atom. The third-order valence-corrected chi connectivity index (χ3v) is 5.00. The lowest BCUT2D eigenvalue weighted by Gasteiger charge is -2.33. The van der Waals surface area contributed by atoms with E-state index < -0.39 is 0 Å². The summed E-state index contributed by atoms with van der Waals surface area (Å²) in [5, 5.41) is 2.93. The first kappa shape index (κ1) is 15.8. The van der Waals surface area contributed by atoms with E-state index in [-0.39, 0.29) is 11.8 Å². The van der Waals surface area contributed by atoms with E-state index >= 15 is 0 Å². The van der Waals surface area contributed by atoms with Gasteiger partial charge in [0.15, 0.2) is 0 Å². The van der Waals surface area contributed by atoms with Crippen molar-refractivity contribution >= 4 is 39.1 Å². The van der Waals surface area contributed by atoms with Crippen LogP contribution in [-0.4, -0.2) is 16.8 Å². The number of amides is 2. The summed E-state index contributed by atoms with van der Waals surface area (Å²) in [5.74, 6) is -0.528. The van der Waals surface area contributed by atoms with Crippen LogP contribution in [0.25, 0.3) is 0 Å². The summed E-state index contributed by atoms with van der Waals surface area (Å²) >= 11 is 3.54. The molecule has 1 aliphatic heterocycles. The smallest absolute Gasteiger partial charge is 0.267 e. The molecule has 2 amide bonds. The molecule has 0 bridgehead atoms. The van der Waals surface area contributed by atoms with Gasteiger partial charge in [-0.2, -0.15) is 5.01 Å². The Hall–Kier alpha value is -2.66. The minimum atomic E-state index is -0.282. The summed E-state index contributed by atoms with van der Waals surface area (Å²) in [6.07, 6.45) is 5.10. The van der Waals surface area contributed by atoms with E-state index in [4.69, 9.17) is 0 Å². The quantitative estimate of drug-likeness (QED) is 0.718. The summed E-state index contributed by atoms with van der Waals surface area (Å²) in [7, 11) is 0. The van der Waals surface area contributed by atoms with Gasteiger partial charge in [0.1, 0.15) is 0 Å². The van der Waals surface area contributed by atoms with Crippen molar-refractivity contribution in [1.82, 2.24) is 5.01 Å². The van der Waals surface area contributed by atoms with Crippen LogP contribution in [0.15, 0.2) is 82.4 Å². The van der Waals surface area contributed by atoms with Gasteiger partial charge in [0, 0.05) is 10.0 Å². The second kappa shape index (κ2) is 6.33. The highest BCUT2D eigenvalue weighted by Crippen LogP contribution is 2.38. The summed E-state index contributed by atoms with van der Waals surface area (Å²) in [4.78, 5) is 26.0. The number of rotatable bonds is 3. The molecule has 0 saturated heterocycles. The number of carbonyl (C=O) groups excluding carboxylic acids is 2. The third-order valence-electron chi connectivity index (χ3n) is 4.33. The number of hydrazine groups is 1. The molecule has 5 heteroatoms. The number of imide groups is 1. The number of hydrogen-bond donors (Lipinski definition) is 0. The Labute approximate surface area is 154 Å². The van der Waals surface area contributed by atoms with Gasteiger partial charge in [0.05, 0.1) is 16.9 Å². The minimum Gasteiger partial charge on any atom is -0.267 e. The van der Waals surface area contributed by atoms with E-state index in [1.54, 1.807) is 11.1 Å². The van der Waals surface area contributed by atoms with Gasteiger partial charge in [0.2, 0.25) is 0 Å². The monoisotopic (exact) mass is 394 g/mol. The Bertz CT molecular complexity index is 918. The standard InChI is InChI=1S/C20H15BrN2O2/c21-17-12-6-7-13-18(17)22(14-8-2-1-3-9-14)23-19(24)15-10-4-5-11-16(15)20(23)25/h1-4,6-10,12-13H,5,11H2. The van der Waals surface area contributed by atoms with Crippen molar-refractivity contribution in [1.29, 1.82) is 0 Å². The topological polar surface area (TPSA) is 40.6 Å². The fraction of sp³-hybridized carbons (Fsp3) is 0.100. The molecule has 124 valence electrons. The maximum absolute atomic E-state index is 13.0. The molecule has 2 aromatic carbocycles. The molecule has 0 N–H and O–H groups in total. The van der Waals surface area contributed by atoms with Crippen LogP contribution >= 0.6 is 15.9 Å². The first-order valence-corrected chi connectivity index (χ1v) is 8.86. The van der Waals surface area contributed by atoms with Crippen LogP contribution in [0.4, 0.5) is 11.4 Å². The first-order chi connectivity index (χ1) is 12.2. The average molecular weight is 395 g/mol. The molecule has 0 aromatic heterocycles. The SMILES string of the molecule is O=C1C2=C(CCC=C2)C(=O)N1N(c1ccccc1)c1ccccc1Br. The van der Waals surface area contributed by atoms with Gasteiger partial charge >= 0.3 is 0 Å². The van der Waals surface area contributed by atoms with Gasteiger partial charge in [-0.25, -0.2) is 5.01 Å². The van der Waals surface area contributed by atoms with E-state index in [2.05, 4.69) is 15.9 Å². The summed E-state index contributed by atoms with van der Waals surface area (Å²) in [6.45, 7) is 0. The zero-order valence-corrected chi connectivity index (χ0v) is 14.9. The highest BCUT2D eigenvalue weighted by atomic mass is 79.9. The number of anilines is 2. The molecule has 0 atom stereocenters. The summed E-state index contributed by atoms with van der Waals surface area (Å²) in [6, 6.07) is 17.0. The first-order valence-electron chi connectivity index (χ1n) is 8.06. The van der Waals surface area contributed by atoms with E-state index in [0.717, 1.165) is 22.3 Å². The number of para-hydroxylation sites is 2. The summed E-state index contributed by atoms with van der Waals surface area (Å²) in [5.41, 5.74) is 2.59. The number of allylic oxidation sites excluding steroid dienone is 1. The van der Waals surface area contributed by atoms with Crippen LogP contribution in [0.5, 0.6) is 0 Å². The third kappa shape index (κ3) is 2.61. The second-order valence-electron chi connectivity index (χ2n) is 5.85. The fourth-order valence-corrected chi connectivity index (χ4v) is 3.61. The number of benzene rings is 2. The zero-order valence-electron chi connectivity index (χ0n) is 13.4. The average Bonchev–Trinajstić information content (AvgIpc) is 2.90. The highest BCUT2D eigenvalue weighted by Gasteiger charge is 2.42. The van der Waals surface area contributed by atoms with Crippen LogP contribution in [0.3, 0.4) is 0 Å². The van der Waals surface area contributed by atoms with Crippen LogP contribution in [0.1, 0.15) is 12.8 Å².